The van der Waals surface area contributed by atoms with Crippen molar-refractivity contribution in [3.05, 3.63) is 22.4 Å². The van der Waals surface area contributed by atoms with Crippen molar-refractivity contribution in [1.82, 2.24) is 10.2 Å². The second kappa shape index (κ2) is 7.04. The Kier molecular flexibility index (Phi) is 5.05. The maximum atomic E-state index is 12.5. The van der Waals surface area contributed by atoms with Crippen molar-refractivity contribution in [1.29, 1.82) is 0 Å². The molecule has 5 heteroatoms. The average Bonchev–Trinajstić information content (AvgIpc) is 3.11. The van der Waals surface area contributed by atoms with E-state index in [9.17, 15) is 9.59 Å². The van der Waals surface area contributed by atoms with Crippen LogP contribution in [0, 0.1) is 5.92 Å². The van der Waals surface area contributed by atoms with E-state index < -0.39 is 0 Å². The van der Waals surface area contributed by atoms with E-state index >= 15 is 0 Å². The zero-order valence-corrected chi connectivity index (χ0v) is 14.7. The summed E-state index contributed by atoms with van der Waals surface area (Å²) in [5.41, 5.74) is 0.109. The topological polar surface area (TPSA) is 49.4 Å². The van der Waals surface area contributed by atoms with E-state index in [4.69, 9.17) is 0 Å². The van der Waals surface area contributed by atoms with Crippen molar-refractivity contribution in [2.75, 3.05) is 20.1 Å². The van der Waals surface area contributed by atoms with Gasteiger partial charge in [0.25, 0.3) is 0 Å². The van der Waals surface area contributed by atoms with Crippen LogP contribution in [0.1, 0.15) is 49.8 Å². The molecule has 2 aliphatic rings. The van der Waals surface area contributed by atoms with Crippen molar-refractivity contribution < 1.29 is 9.59 Å². The molecule has 0 unspecified atom stereocenters. The molecule has 1 N–H and O–H groups in total. The fourth-order valence-electron chi connectivity index (χ4n) is 3.89. The first-order valence-electron chi connectivity index (χ1n) is 8.66. The van der Waals surface area contributed by atoms with Gasteiger partial charge in [-0.25, -0.2) is 0 Å². The van der Waals surface area contributed by atoms with Crippen LogP contribution in [0.4, 0.5) is 0 Å². The minimum absolute atomic E-state index is 0.0629. The highest BCUT2D eigenvalue weighted by Crippen LogP contribution is 2.41. The Morgan fingerprint density at radius 1 is 1.39 bits per heavy atom. The van der Waals surface area contributed by atoms with Crippen LogP contribution in [0.3, 0.4) is 0 Å². The molecular weight excluding hydrogens is 308 g/mol. The first-order chi connectivity index (χ1) is 11.1. The molecule has 0 bridgehead atoms. The normalized spacial score (nSPS) is 24.5. The van der Waals surface area contributed by atoms with Gasteiger partial charge in [0.05, 0.1) is 0 Å². The van der Waals surface area contributed by atoms with Crippen LogP contribution in [0.5, 0.6) is 0 Å². The van der Waals surface area contributed by atoms with Gasteiger partial charge in [-0.15, -0.1) is 11.3 Å². The van der Waals surface area contributed by atoms with E-state index in [0.717, 1.165) is 19.3 Å². The molecule has 4 nitrogen and oxygen atoms in total. The molecule has 1 aliphatic carbocycles. The molecule has 2 fully saturated rings. The molecule has 23 heavy (non-hydrogen) atoms. The monoisotopic (exact) mass is 334 g/mol. The minimum Gasteiger partial charge on any atom is -0.355 e. The second-order valence-electron chi connectivity index (χ2n) is 7.04. The minimum atomic E-state index is -0.150. The number of thiophene rings is 1. The highest BCUT2D eigenvalue weighted by molar-refractivity contribution is 7.10. The molecule has 2 heterocycles. The smallest absolute Gasteiger partial charge is 0.223 e. The lowest BCUT2D eigenvalue weighted by molar-refractivity contribution is -0.139. The number of amides is 2. The number of hydrogen-bond donors (Lipinski definition) is 1. The van der Waals surface area contributed by atoms with Crippen molar-refractivity contribution in [2.45, 2.75) is 50.4 Å². The number of rotatable bonds is 4. The molecular formula is C18H26N2O2S. The quantitative estimate of drug-likeness (QED) is 0.920. The summed E-state index contributed by atoms with van der Waals surface area (Å²) in [5.74, 6) is -0.00216. The second-order valence-corrected chi connectivity index (χ2v) is 7.99. The summed E-state index contributed by atoms with van der Waals surface area (Å²) in [6, 6.07) is 4.31. The fraction of sp³-hybridized carbons (Fsp3) is 0.667. The zero-order valence-electron chi connectivity index (χ0n) is 13.8. The predicted molar refractivity (Wildman–Crippen MR) is 92.5 cm³/mol. The van der Waals surface area contributed by atoms with Gasteiger partial charge in [-0.3, -0.25) is 9.59 Å². The van der Waals surface area contributed by atoms with Gasteiger partial charge >= 0.3 is 0 Å². The van der Waals surface area contributed by atoms with Gasteiger partial charge in [0.2, 0.25) is 11.8 Å². The number of nitrogens with one attached hydrogen (secondary N) is 1. The van der Waals surface area contributed by atoms with Crippen LogP contribution in [0.15, 0.2) is 17.5 Å². The Balaban J connectivity index is 1.63. The molecule has 0 radical (unpaired) electrons. The third kappa shape index (κ3) is 3.60. The number of likely N-dealkylation sites (tertiary alicyclic amines) is 1. The van der Waals surface area contributed by atoms with Crippen molar-refractivity contribution >= 4 is 23.2 Å². The van der Waals surface area contributed by atoms with Gasteiger partial charge in [-0.1, -0.05) is 25.3 Å². The lowest BCUT2D eigenvalue weighted by Crippen LogP contribution is -2.46. The van der Waals surface area contributed by atoms with E-state index in [-0.39, 0.29) is 23.1 Å². The first-order valence-corrected chi connectivity index (χ1v) is 9.54. The Morgan fingerprint density at radius 2 is 2.17 bits per heavy atom. The van der Waals surface area contributed by atoms with Crippen LogP contribution >= 0.6 is 11.3 Å². The summed E-state index contributed by atoms with van der Waals surface area (Å²) in [5, 5.41) is 5.31. The summed E-state index contributed by atoms with van der Waals surface area (Å²) in [7, 11) is 1.81. The summed E-state index contributed by atoms with van der Waals surface area (Å²) in [4.78, 5) is 27.5. The molecule has 0 aromatic carbocycles. The summed E-state index contributed by atoms with van der Waals surface area (Å²) in [6.45, 7) is 1.40. The highest BCUT2D eigenvalue weighted by Gasteiger charge is 2.36. The summed E-state index contributed by atoms with van der Waals surface area (Å²) < 4.78 is 0. The number of hydrogen-bond acceptors (Lipinski definition) is 3. The number of nitrogens with zero attached hydrogens (tertiary/aromatic N) is 1. The van der Waals surface area contributed by atoms with Gasteiger partial charge in [-0.05, 0) is 30.7 Å². The Hall–Kier alpha value is -1.36. The van der Waals surface area contributed by atoms with Crippen LogP contribution in [-0.4, -0.2) is 36.9 Å². The standard InChI is InChI=1S/C18H26N2O2S/c1-20-10-7-14(12-16(20)21)17(22)19-13-18(8-3-2-4-9-18)15-6-5-11-23-15/h5-6,11,14H,2-4,7-10,12-13H2,1H3,(H,19,22)/t14-/m1/s1. The van der Waals surface area contributed by atoms with Crippen LogP contribution in [0.2, 0.25) is 0 Å². The molecule has 1 aromatic heterocycles. The van der Waals surface area contributed by atoms with Gasteiger partial charge < -0.3 is 10.2 Å². The van der Waals surface area contributed by atoms with Crippen LogP contribution < -0.4 is 5.32 Å². The van der Waals surface area contributed by atoms with E-state index in [1.54, 1.807) is 16.2 Å². The summed E-state index contributed by atoms with van der Waals surface area (Å²) >= 11 is 1.80. The Labute approximate surface area is 142 Å². The fourth-order valence-corrected chi connectivity index (χ4v) is 4.87. The van der Waals surface area contributed by atoms with E-state index in [2.05, 4.69) is 22.8 Å². The van der Waals surface area contributed by atoms with E-state index in [0.29, 0.717) is 19.5 Å². The van der Waals surface area contributed by atoms with E-state index in [1.807, 2.05) is 7.05 Å². The molecule has 0 spiro atoms. The molecule has 2 amide bonds. The predicted octanol–water partition coefficient (Wildman–Crippen LogP) is 2.93. The largest absolute Gasteiger partial charge is 0.355 e. The Bertz CT molecular complexity index is 549. The van der Waals surface area contributed by atoms with Crippen LogP contribution in [-0.2, 0) is 15.0 Å². The van der Waals surface area contributed by atoms with Crippen molar-refractivity contribution in [3.63, 3.8) is 0 Å². The lowest BCUT2D eigenvalue weighted by Gasteiger charge is -2.37. The van der Waals surface area contributed by atoms with Gasteiger partial charge in [-0.2, -0.15) is 0 Å². The van der Waals surface area contributed by atoms with Crippen LogP contribution in [0.25, 0.3) is 0 Å². The van der Waals surface area contributed by atoms with Gasteiger partial charge in [0.1, 0.15) is 0 Å². The molecule has 1 atom stereocenters. The molecule has 1 saturated heterocycles. The zero-order chi connectivity index (χ0) is 16.3. The average molecular weight is 334 g/mol. The maximum absolute atomic E-state index is 12.5. The number of piperidine rings is 1. The van der Waals surface area contributed by atoms with Gasteiger partial charge in [0.15, 0.2) is 0 Å². The third-order valence-electron chi connectivity index (χ3n) is 5.49. The van der Waals surface area contributed by atoms with Crippen molar-refractivity contribution in [3.8, 4) is 0 Å². The SMILES string of the molecule is CN1CC[C@@H](C(=O)NCC2(c3cccs3)CCCCC2)CC1=O. The molecule has 1 saturated carbocycles. The number of carbonyl (C=O) groups excluding carboxylic acids is 2. The highest BCUT2D eigenvalue weighted by atomic mass is 32.1. The first kappa shape index (κ1) is 16.5. The van der Waals surface area contributed by atoms with Gasteiger partial charge in [0, 0.05) is 42.8 Å². The Morgan fingerprint density at radius 3 is 2.83 bits per heavy atom. The third-order valence-corrected chi connectivity index (χ3v) is 6.60. The molecule has 1 aliphatic heterocycles. The maximum Gasteiger partial charge on any atom is 0.223 e. The summed E-state index contributed by atoms with van der Waals surface area (Å²) in [6.07, 6.45) is 7.21. The molecule has 1 aromatic rings. The molecule has 126 valence electrons. The number of carbonyl (C=O) groups is 2. The van der Waals surface area contributed by atoms with Crippen molar-refractivity contribution in [2.24, 2.45) is 5.92 Å². The molecule has 3 rings (SSSR count). The lowest BCUT2D eigenvalue weighted by atomic mass is 9.73. The van der Waals surface area contributed by atoms with E-state index in [1.165, 1.54) is 24.1 Å².